The highest BCUT2D eigenvalue weighted by molar-refractivity contribution is 7.80. The fourth-order valence-electron chi connectivity index (χ4n) is 5.11. The number of aromatic nitrogens is 2. The Morgan fingerprint density at radius 2 is 1.59 bits per heavy atom. The molecule has 2 aromatic carbocycles. The molecule has 5 rings (SSSR count). The van der Waals surface area contributed by atoms with E-state index >= 15 is 0 Å². The first-order valence-corrected chi connectivity index (χ1v) is 11.8. The van der Waals surface area contributed by atoms with Crippen molar-refractivity contribution in [1.82, 2.24) is 14.9 Å². The number of nitrogens with one attached hydrogen (secondary N) is 1. The molecule has 4 nitrogen and oxygen atoms in total. The SMILES string of the molecule is Cc1cc(C)cc(N2C(=S)N[C@@H](c3ccccn3)[C@H]2c2cc(C)n(-c3ccc(F)cc3)c2C)c1. The van der Waals surface area contributed by atoms with Crippen LogP contribution in [0.25, 0.3) is 5.69 Å². The summed E-state index contributed by atoms with van der Waals surface area (Å²) in [6.07, 6.45) is 1.82. The highest BCUT2D eigenvalue weighted by Crippen LogP contribution is 2.44. The predicted molar refractivity (Wildman–Crippen MR) is 139 cm³/mol. The number of pyridine rings is 1. The third-order valence-corrected chi connectivity index (χ3v) is 6.77. The van der Waals surface area contributed by atoms with Crippen LogP contribution in [0.15, 0.2) is 72.9 Å². The van der Waals surface area contributed by atoms with Crippen molar-refractivity contribution in [2.45, 2.75) is 39.8 Å². The molecule has 0 saturated carbocycles. The van der Waals surface area contributed by atoms with Crippen molar-refractivity contribution >= 4 is 23.0 Å². The zero-order valence-corrected chi connectivity index (χ0v) is 20.5. The fourth-order valence-corrected chi connectivity index (χ4v) is 5.46. The number of rotatable bonds is 4. The summed E-state index contributed by atoms with van der Waals surface area (Å²) in [6, 6.07) is 21.1. The average Bonchev–Trinajstić information content (AvgIpc) is 3.30. The molecular weight excluding hydrogens is 443 g/mol. The van der Waals surface area contributed by atoms with Gasteiger partial charge in [0.2, 0.25) is 0 Å². The first kappa shape index (κ1) is 22.3. The number of thiocarbonyl (C=S) groups is 1. The molecule has 0 amide bonds. The number of aryl methyl sites for hydroxylation is 3. The molecular formula is C28H27FN4S. The van der Waals surface area contributed by atoms with Gasteiger partial charge in [-0.3, -0.25) is 4.98 Å². The Morgan fingerprint density at radius 3 is 2.24 bits per heavy atom. The van der Waals surface area contributed by atoms with Crippen molar-refractivity contribution in [3.8, 4) is 5.69 Å². The molecule has 1 aliphatic rings. The van der Waals surface area contributed by atoms with E-state index in [0.29, 0.717) is 5.11 Å². The van der Waals surface area contributed by atoms with E-state index in [-0.39, 0.29) is 17.9 Å². The lowest BCUT2D eigenvalue weighted by Crippen LogP contribution is -2.29. The minimum absolute atomic E-state index is 0.0935. The van der Waals surface area contributed by atoms with Gasteiger partial charge >= 0.3 is 0 Å². The number of hydrogen-bond donors (Lipinski definition) is 1. The largest absolute Gasteiger partial charge is 0.351 e. The molecule has 0 radical (unpaired) electrons. The van der Waals surface area contributed by atoms with Gasteiger partial charge in [0.25, 0.3) is 0 Å². The van der Waals surface area contributed by atoms with Gasteiger partial charge in [-0.2, -0.15) is 0 Å². The second-order valence-corrected chi connectivity index (χ2v) is 9.37. The minimum atomic E-state index is -0.243. The Hall–Kier alpha value is -3.51. The molecule has 2 atom stereocenters. The second-order valence-electron chi connectivity index (χ2n) is 8.98. The third-order valence-electron chi connectivity index (χ3n) is 6.46. The topological polar surface area (TPSA) is 33.1 Å². The van der Waals surface area contributed by atoms with E-state index < -0.39 is 0 Å². The summed E-state index contributed by atoms with van der Waals surface area (Å²) in [7, 11) is 0. The first-order valence-electron chi connectivity index (χ1n) is 11.4. The molecule has 4 aromatic rings. The molecule has 0 unspecified atom stereocenters. The molecule has 172 valence electrons. The number of nitrogens with zero attached hydrogens (tertiary/aromatic N) is 3. The molecule has 3 heterocycles. The van der Waals surface area contributed by atoms with Crippen molar-refractivity contribution in [2.75, 3.05) is 4.90 Å². The first-order chi connectivity index (χ1) is 16.3. The van der Waals surface area contributed by atoms with E-state index in [1.807, 2.05) is 36.5 Å². The molecule has 1 aliphatic heterocycles. The molecule has 0 spiro atoms. The van der Waals surface area contributed by atoms with Crippen LogP contribution < -0.4 is 10.2 Å². The maximum absolute atomic E-state index is 13.6. The summed E-state index contributed by atoms with van der Waals surface area (Å²) in [5, 5.41) is 4.22. The Morgan fingerprint density at radius 1 is 0.882 bits per heavy atom. The third kappa shape index (κ3) is 3.88. The summed E-state index contributed by atoms with van der Waals surface area (Å²) in [4.78, 5) is 6.88. The highest BCUT2D eigenvalue weighted by atomic mass is 32.1. The quantitative estimate of drug-likeness (QED) is 0.349. The van der Waals surface area contributed by atoms with Crippen LogP contribution in [0, 0.1) is 33.5 Å². The predicted octanol–water partition coefficient (Wildman–Crippen LogP) is 6.42. The van der Waals surface area contributed by atoms with Gasteiger partial charge in [0, 0.05) is 29.0 Å². The second kappa shape index (κ2) is 8.69. The molecule has 1 fully saturated rings. The monoisotopic (exact) mass is 470 g/mol. The zero-order chi connectivity index (χ0) is 24.0. The average molecular weight is 471 g/mol. The number of hydrogen-bond acceptors (Lipinski definition) is 2. The summed E-state index contributed by atoms with van der Waals surface area (Å²) in [5.74, 6) is -0.243. The van der Waals surface area contributed by atoms with Gasteiger partial charge in [-0.15, -0.1) is 0 Å². The van der Waals surface area contributed by atoms with Gasteiger partial charge in [0.05, 0.1) is 17.8 Å². The van der Waals surface area contributed by atoms with Crippen LogP contribution in [0.2, 0.25) is 0 Å². The maximum atomic E-state index is 13.6. The van der Waals surface area contributed by atoms with Gasteiger partial charge < -0.3 is 14.8 Å². The lowest BCUT2D eigenvalue weighted by Gasteiger charge is -2.29. The van der Waals surface area contributed by atoms with E-state index in [9.17, 15) is 4.39 Å². The Kier molecular flexibility index (Phi) is 5.70. The van der Waals surface area contributed by atoms with Crippen LogP contribution in [0.5, 0.6) is 0 Å². The van der Waals surface area contributed by atoms with Crippen LogP contribution in [0.3, 0.4) is 0 Å². The van der Waals surface area contributed by atoms with Gasteiger partial charge in [-0.1, -0.05) is 12.1 Å². The van der Waals surface area contributed by atoms with E-state index in [0.717, 1.165) is 34.0 Å². The van der Waals surface area contributed by atoms with Crippen LogP contribution in [0.4, 0.5) is 10.1 Å². The number of anilines is 1. The summed E-state index contributed by atoms with van der Waals surface area (Å²) >= 11 is 5.89. The Balaban J connectivity index is 1.69. The van der Waals surface area contributed by atoms with Gasteiger partial charge in [-0.25, -0.2) is 4.39 Å². The summed E-state index contributed by atoms with van der Waals surface area (Å²) in [5.41, 5.74) is 8.64. The highest BCUT2D eigenvalue weighted by Gasteiger charge is 2.42. The van der Waals surface area contributed by atoms with Crippen molar-refractivity contribution in [3.63, 3.8) is 0 Å². The summed E-state index contributed by atoms with van der Waals surface area (Å²) in [6.45, 7) is 8.41. The molecule has 6 heteroatoms. The van der Waals surface area contributed by atoms with Crippen LogP contribution in [-0.4, -0.2) is 14.7 Å². The number of halogens is 1. The van der Waals surface area contributed by atoms with E-state index in [1.54, 1.807) is 0 Å². The van der Waals surface area contributed by atoms with E-state index in [4.69, 9.17) is 12.2 Å². The minimum Gasteiger partial charge on any atom is -0.351 e. The Bertz CT molecular complexity index is 1340. The van der Waals surface area contributed by atoms with E-state index in [1.165, 1.54) is 23.3 Å². The molecule has 0 aliphatic carbocycles. The molecule has 34 heavy (non-hydrogen) atoms. The number of benzene rings is 2. The normalized spacial score (nSPS) is 17.8. The van der Waals surface area contributed by atoms with E-state index in [2.05, 4.69) is 71.7 Å². The van der Waals surface area contributed by atoms with Gasteiger partial charge in [0.15, 0.2) is 5.11 Å². The van der Waals surface area contributed by atoms with Crippen LogP contribution in [-0.2, 0) is 0 Å². The fraction of sp³-hybridized carbons (Fsp3) is 0.214. The lowest BCUT2D eigenvalue weighted by atomic mass is 9.96. The maximum Gasteiger partial charge on any atom is 0.174 e. The van der Waals surface area contributed by atoms with Crippen molar-refractivity contribution < 1.29 is 4.39 Å². The smallest absolute Gasteiger partial charge is 0.174 e. The standard InChI is InChI=1S/C28H27FN4S/c1-17-13-18(2)15-23(14-17)33-27(26(31-28(33)34)25-7-5-6-12-30-25)24-16-19(3)32(20(24)4)22-10-8-21(29)9-11-22/h5-16,26-27H,1-4H3,(H,31,34)/t26-,27+/m0/s1. The molecule has 1 N–H and O–H groups in total. The zero-order valence-electron chi connectivity index (χ0n) is 19.7. The van der Waals surface area contributed by atoms with Gasteiger partial charge in [0.1, 0.15) is 5.82 Å². The van der Waals surface area contributed by atoms with Crippen molar-refractivity contribution in [3.05, 3.63) is 113 Å². The molecule has 0 bridgehead atoms. The molecule has 2 aromatic heterocycles. The lowest BCUT2D eigenvalue weighted by molar-refractivity contribution is 0.565. The van der Waals surface area contributed by atoms with Crippen molar-refractivity contribution in [1.29, 1.82) is 0 Å². The Labute approximate surface area is 205 Å². The van der Waals surface area contributed by atoms with Crippen LogP contribution in [0.1, 0.15) is 45.9 Å². The van der Waals surface area contributed by atoms with Gasteiger partial charge in [-0.05, 0) is 111 Å². The summed E-state index contributed by atoms with van der Waals surface area (Å²) < 4.78 is 15.8. The van der Waals surface area contributed by atoms with Crippen molar-refractivity contribution in [2.24, 2.45) is 0 Å². The van der Waals surface area contributed by atoms with Crippen LogP contribution >= 0.6 is 12.2 Å². The molecule has 1 saturated heterocycles.